The summed E-state index contributed by atoms with van der Waals surface area (Å²) in [7, 11) is 0. The lowest BCUT2D eigenvalue weighted by Crippen LogP contribution is -2.15. The first kappa shape index (κ1) is 17.3. The van der Waals surface area contributed by atoms with Crippen molar-refractivity contribution in [2.75, 3.05) is 10.6 Å². The molecule has 0 aliphatic rings. The van der Waals surface area contributed by atoms with Crippen molar-refractivity contribution < 1.29 is 4.79 Å². The molecule has 0 saturated heterocycles. The second-order valence-electron chi connectivity index (χ2n) is 6.20. The molecule has 1 amide bonds. The smallest absolute Gasteiger partial charge is 0.256 e. The number of carbonyl (C=O) groups excluding carboxylic acids is 1. The zero-order valence-electron chi connectivity index (χ0n) is 14.9. The summed E-state index contributed by atoms with van der Waals surface area (Å²) in [6, 6.07) is 19.4. The molecule has 28 heavy (non-hydrogen) atoms. The predicted octanol–water partition coefficient (Wildman–Crippen LogP) is 3.25. The number of benzene rings is 2. The molecule has 0 bridgehead atoms. The molecule has 0 saturated carbocycles. The molecule has 2 heterocycles. The molecule has 0 aliphatic carbocycles. The van der Waals surface area contributed by atoms with E-state index in [1.54, 1.807) is 6.20 Å². The van der Waals surface area contributed by atoms with Crippen LogP contribution in [0.3, 0.4) is 0 Å². The van der Waals surface area contributed by atoms with E-state index in [0.717, 1.165) is 22.5 Å². The molecular weight excluding hydrogens is 354 g/mol. The van der Waals surface area contributed by atoms with Crippen molar-refractivity contribution in [3.8, 4) is 11.3 Å². The Morgan fingerprint density at radius 2 is 1.79 bits per heavy atom. The number of hydrogen-bond acceptors (Lipinski definition) is 5. The number of aromatic amines is 2. The lowest BCUT2D eigenvalue weighted by molar-refractivity contribution is 0.100. The topological polar surface area (TPSA) is 125 Å². The molecule has 8 heteroatoms. The number of amides is 1. The monoisotopic (exact) mass is 373 g/mol. The minimum atomic E-state index is -0.569. The molecule has 2 aromatic heterocycles. The van der Waals surface area contributed by atoms with E-state index in [1.807, 2.05) is 60.7 Å². The lowest BCUT2D eigenvalue weighted by Gasteiger charge is -2.08. The van der Waals surface area contributed by atoms with Crippen molar-refractivity contribution in [3.05, 3.63) is 78.0 Å². The number of carbonyl (C=O) groups is 1. The number of anilines is 3. The highest BCUT2D eigenvalue weighted by Gasteiger charge is 2.18. The molecule has 0 spiro atoms. The number of rotatable bonds is 7. The highest BCUT2D eigenvalue weighted by molar-refractivity contribution is 6.03. The third-order valence-electron chi connectivity index (χ3n) is 4.28. The van der Waals surface area contributed by atoms with Crippen molar-refractivity contribution >= 4 is 23.2 Å². The molecule has 0 unspecified atom stereocenters. The predicted molar refractivity (Wildman–Crippen MR) is 108 cm³/mol. The van der Waals surface area contributed by atoms with Gasteiger partial charge in [-0.3, -0.25) is 15.0 Å². The molecule has 0 fully saturated rings. The van der Waals surface area contributed by atoms with Crippen LogP contribution in [0.2, 0.25) is 0 Å². The van der Waals surface area contributed by atoms with E-state index in [1.165, 1.54) is 0 Å². The Morgan fingerprint density at radius 3 is 2.46 bits per heavy atom. The standard InChI is InChI=1S/C20H19N7O/c21-18(28)17-19(22-12-13-4-2-1-3-5-13)26-27-20(17)24-15-8-6-14(7-9-15)16-10-11-23-25-16/h1-11H,12H2,(H2,21,28)(H,23,25)(H3,22,24,26,27). The minimum Gasteiger partial charge on any atom is -0.365 e. The number of nitrogens with one attached hydrogen (secondary N) is 4. The van der Waals surface area contributed by atoms with Crippen LogP contribution in [0.4, 0.5) is 17.3 Å². The van der Waals surface area contributed by atoms with Crippen molar-refractivity contribution in [1.29, 1.82) is 0 Å². The van der Waals surface area contributed by atoms with Gasteiger partial charge in [-0.15, -0.1) is 0 Å². The fourth-order valence-electron chi connectivity index (χ4n) is 2.88. The summed E-state index contributed by atoms with van der Waals surface area (Å²) >= 11 is 0. The van der Waals surface area contributed by atoms with Crippen LogP contribution in [-0.2, 0) is 6.54 Å². The van der Waals surface area contributed by atoms with Crippen LogP contribution in [0.15, 0.2) is 66.9 Å². The highest BCUT2D eigenvalue weighted by atomic mass is 16.1. The molecule has 4 aromatic rings. The van der Waals surface area contributed by atoms with Gasteiger partial charge >= 0.3 is 0 Å². The molecule has 0 aliphatic heterocycles. The van der Waals surface area contributed by atoms with E-state index >= 15 is 0 Å². The van der Waals surface area contributed by atoms with E-state index in [0.29, 0.717) is 18.2 Å². The normalized spacial score (nSPS) is 10.6. The number of aromatic nitrogens is 4. The van der Waals surface area contributed by atoms with Gasteiger partial charge in [-0.25, -0.2) is 0 Å². The van der Waals surface area contributed by atoms with E-state index in [2.05, 4.69) is 31.0 Å². The van der Waals surface area contributed by atoms with E-state index in [9.17, 15) is 4.79 Å². The number of hydrogen-bond donors (Lipinski definition) is 5. The maximum Gasteiger partial charge on any atom is 0.256 e. The number of H-pyrrole nitrogens is 2. The molecule has 0 radical (unpaired) electrons. The van der Waals surface area contributed by atoms with Gasteiger partial charge in [0.05, 0.1) is 5.69 Å². The second-order valence-corrected chi connectivity index (χ2v) is 6.20. The van der Waals surface area contributed by atoms with Crippen molar-refractivity contribution in [2.45, 2.75) is 6.54 Å². The minimum absolute atomic E-state index is 0.286. The first-order chi connectivity index (χ1) is 13.7. The van der Waals surface area contributed by atoms with Crippen molar-refractivity contribution in [3.63, 3.8) is 0 Å². The van der Waals surface area contributed by atoms with Crippen LogP contribution in [0, 0.1) is 0 Å². The molecule has 8 nitrogen and oxygen atoms in total. The summed E-state index contributed by atoms with van der Waals surface area (Å²) in [5, 5.41) is 20.2. The fourth-order valence-corrected chi connectivity index (χ4v) is 2.88. The SMILES string of the molecule is NC(=O)c1c(NCc2ccccc2)n[nH]c1Nc1ccc(-c2ccn[nH]2)cc1. The zero-order chi connectivity index (χ0) is 19.3. The molecular formula is C20H19N7O. The average Bonchev–Trinajstić information content (AvgIpc) is 3.38. The lowest BCUT2D eigenvalue weighted by atomic mass is 10.1. The highest BCUT2D eigenvalue weighted by Crippen LogP contribution is 2.26. The Bertz CT molecular complexity index is 1050. The van der Waals surface area contributed by atoms with Gasteiger partial charge in [0, 0.05) is 18.4 Å². The van der Waals surface area contributed by atoms with Gasteiger partial charge in [0.1, 0.15) is 11.4 Å². The second kappa shape index (κ2) is 7.67. The van der Waals surface area contributed by atoms with E-state index < -0.39 is 5.91 Å². The van der Waals surface area contributed by atoms with Gasteiger partial charge in [0.25, 0.3) is 5.91 Å². The van der Waals surface area contributed by atoms with Crippen LogP contribution in [0.5, 0.6) is 0 Å². The first-order valence-corrected chi connectivity index (χ1v) is 8.73. The summed E-state index contributed by atoms with van der Waals surface area (Å²) in [6.45, 7) is 0.532. The maximum absolute atomic E-state index is 12.0. The largest absolute Gasteiger partial charge is 0.365 e. The Morgan fingerprint density at radius 1 is 1.00 bits per heavy atom. The Kier molecular flexibility index (Phi) is 4.75. The third-order valence-corrected chi connectivity index (χ3v) is 4.28. The Hall–Kier alpha value is -4.07. The van der Waals surface area contributed by atoms with E-state index in [-0.39, 0.29) is 5.56 Å². The summed E-state index contributed by atoms with van der Waals surface area (Å²) in [5.74, 6) is 0.283. The van der Waals surface area contributed by atoms with Crippen LogP contribution in [0.1, 0.15) is 15.9 Å². The molecule has 0 atom stereocenters. The van der Waals surface area contributed by atoms with Crippen LogP contribution in [0.25, 0.3) is 11.3 Å². The zero-order valence-corrected chi connectivity index (χ0v) is 14.9. The Labute approximate surface area is 161 Å². The van der Waals surface area contributed by atoms with Gasteiger partial charge in [0.2, 0.25) is 0 Å². The first-order valence-electron chi connectivity index (χ1n) is 8.73. The number of nitrogens with two attached hydrogens (primary N) is 1. The van der Waals surface area contributed by atoms with Gasteiger partial charge in [-0.1, -0.05) is 42.5 Å². The number of nitrogens with zero attached hydrogens (tertiary/aromatic N) is 2. The molecule has 140 valence electrons. The van der Waals surface area contributed by atoms with Gasteiger partial charge in [0.15, 0.2) is 5.82 Å². The van der Waals surface area contributed by atoms with Crippen LogP contribution >= 0.6 is 0 Å². The number of primary amides is 1. The molecule has 2 aromatic carbocycles. The van der Waals surface area contributed by atoms with Crippen molar-refractivity contribution in [1.82, 2.24) is 20.4 Å². The summed E-state index contributed by atoms with van der Waals surface area (Å²) < 4.78 is 0. The molecule has 4 rings (SSSR count). The van der Waals surface area contributed by atoms with Crippen LogP contribution < -0.4 is 16.4 Å². The van der Waals surface area contributed by atoms with E-state index in [4.69, 9.17) is 5.73 Å². The van der Waals surface area contributed by atoms with Gasteiger partial charge in [-0.05, 0) is 29.3 Å². The fraction of sp³-hybridized carbons (Fsp3) is 0.0500. The van der Waals surface area contributed by atoms with Gasteiger partial charge in [-0.2, -0.15) is 10.2 Å². The van der Waals surface area contributed by atoms with Crippen molar-refractivity contribution in [2.24, 2.45) is 5.73 Å². The summed E-state index contributed by atoms with van der Waals surface area (Å²) in [4.78, 5) is 12.0. The molecule has 6 N–H and O–H groups in total. The third kappa shape index (κ3) is 3.70. The van der Waals surface area contributed by atoms with Crippen LogP contribution in [-0.4, -0.2) is 26.3 Å². The average molecular weight is 373 g/mol. The summed E-state index contributed by atoms with van der Waals surface area (Å²) in [6.07, 6.45) is 1.70. The Balaban J connectivity index is 1.51. The quantitative estimate of drug-likeness (QED) is 0.340. The summed E-state index contributed by atoms with van der Waals surface area (Å²) in [5.41, 5.74) is 9.67. The van der Waals surface area contributed by atoms with Gasteiger partial charge < -0.3 is 16.4 Å². The maximum atomic E-state index is 12.0.